The predicted octanol–water partition coefficient (Wildman–Crippen LogP) is -0.436. The smallest absolute Gasteiger partial charge is 0.148 e. The number of aryl methyl sites for hydroxylation is 1. The van der Waals surface area contributed by atoms with E-state index in [1.807, 2.05) is 13.2 Å². The van der Waals surface area contributed by atoms with Crippen molar-refractivity contribution in [1.82, 2.24) is 35.1 Å². The quantitative estimate of drug-likeness (QED) is 0.741. The van der Waals surface area contributed by atoms with Gasteiger partial charge in [-0.25, -0.2) is 9.67 Å². The maximum Gasteiger partial charge on any atom is 0.148 e. The molecule has 0 aliphatic heterocycles. The summed E-state index contributed by atoms with van der Waals surface area (Å²) in [6, 6.07) is 0. The molecule has 0 spiro atoms. The molecule has 0 radical (unpaired) electrons. The fourth-order valence-corrected chi connectivity index (χ4v) is 1.36. The van der Waals surface area contributed by atoms with Gasteiger partial charge in [0, 0.05) is 13.6 Å². The Morgan fingerprint density at radius 2 is 2.31 bits per heavy atom. The highest BCUT2D eigenvalue weighted by atomic mass is 15.4. The molecule has 7 heteroatoms. The van der Waals surface area contributed by atoms with E-state index in [0.29, 0.717) is 6.54 Å². The average Bonchev–Trinajstić information content (AvgIpc) is 2.87. The van der Waals surface area contributed by atoms with Crippen LogP contribution >= 0.6 is 0 Å². The van der Waals surface area contributed by atoms with Gasteiger partial charge in [0.1, 0.15) is 18.7 Å². The molecule has 0 aromatic carbocycles. The van der Waals surface area contributed by atoms with Crippen LogP contribution in [0.2, 0.25) is 0 Å². The highest BCUT2D eigenvalue weighted by molar-refractivity contribution is 4.94. The Labute approximate surface area is 93.5 Å². The standard InChI is InChI=1S/C9H15N7/c1-3-10-4-8-5-16(14-13-8)6-9-11-7-12-15(9)2/h5,7,10H,3-4,6H2,1-2H3. The number of nitrogens with one attached hydrogen (secondary N) is 1. The number of rotatable bonds is 5. The Bertz CT molecular complexity index is 444. The average molecular weight is 221 g/mol. The fraction of sp³-hybridized carbons (Fsp3) is 0.556. The zero-order valence-electron chi connectivity index (χ0n) is 9.46. The van der Waals surface area contributed by atoms with Crippen molar-refractivity contribution in [3.8, 4) is 0 Å². The third-order valence-electron chi connectivity index (χ3n) is 2.25. The van der Waals surface area contributed by atoms with Crippen molar-refractivity contribution >= 4 is 0 Å². The topological polar surface area (TPSA) is 73.5 Å². The molecule has 0 amide bonds. The monoisotopic (exact) mass is 221 g/mol. The number of hydrogen-bond donors (Lipinski definition) is 1. The maximum absolute atomic E-state index is 4.13. The van der Waals surface area contributed by atoms with Crippen LogP contribution in [-0.2, 0) is 20.1 Å². The molecule has 0 aliphatic carbocycles. The van der Waals surface area contributed by atoms with Crippen LogP contribution in [0.1, 0.15) is 18.4 Å². The van der Waals surface area contributed by atoms with Crippen molar-refractivity contribution in [2.75, 3.05) is 6.54 Å². The second kappa shape index (κ2) is 4.84. The highest BCUT2D eigenvalue weighted by Gasteiger charge is 2.04. The summed E-state index contributed by atoms with van der Waals surface area (Å²) in [5, 5.41) is 15.3. The summed E-state index contributed by atoms with van der Waals surface area (Å²) < 4.78 is 3.49. The Hall–Kier alpha value is -1.76. The molecule has 7 nitrogen and oxygen atoms in total. The first-order chi connectivity index (χ1) is 7.79. The largest absolute Gasteiger partial charge is 0.311 e. The zero-order chi connectivity index (χ0) is 11.4. The van der Waals surface area contributed by atoms with Crippen molar-refractivity contribution in [1.29, 1.82) is 0 Å². The van der Waals surface area contributed by atoms with E-state index >= 15 is 0 Å². The van der Waals surface area contributed by atoms with E-state index in [4.69, 9.17) is 0 Å². The van der Waals surface area contributed by atoms with E-state index in [1.165, 1.54) is 6.33 Å². The fourth-order valence-electron chi connectivity index (χ4n) is 1.36. The Morgan fingerprint density at radius 1 is 1.44 bits per heavy atom. The van der Waals surface area contributed by atoms with E-state index in [0.717, 1.165) is 24.6 Å². The van der Waals surface area contributed by atoms with Crippen LogP contribution in [-0.4, -0.2) is 36.3 Å². The normalized spacial score (nSPS) is 10.9. The zero-order valence-corrected chi connectivity index (χ0v) is 9.46. The Kier molecular flexibility index (Phi) is 3.25. The van der Waals surface area contributed by atoms with E-state index in [9.17, 15) is 0 Å². The molecule has 2 rings (SSSR count). The third-order valence-corrected chi connectivity index (χ3v) is 2.25. The molecule has 1 N–H and O–H groups in total. The Balaban J connectivity index is 2.00. The SMILES string of the molecule is CCNCc1cn(Cc2ncnn2C)nn1. The van der Waals surface area contributed by atoms with Crippen molar-refractivity contribution in [2.45, 2.75) is 20.0 Å². The van der Waals surface area contributed by atoms with Gasteiger partial charge in [-0.15, -0.1) is 5.10 Å². The minimum absolute atomic E-state index is 0.593. The van der Waals surface area contributed by atoms with Crippen molar-refractivity contribution in [2.24, 2.45) is 7.05 Å². The van der Waals surface area contributed by atoms with Crippen molar-refractivity contribution in [3.63, 3.8) is 0 Å². The first kappa shape index (κ1) is 10.7. The van der Waals surface area contributed by atoms with Crippen LogP contribution in [0.5, 0.6) is 0 Å². The lowest BCUT2D eigenvalue weighted by molar-refractivity contribution is 0.589. The van der Waals surface area contributed by atoms with E-state index in [2.05, 4.69) is 32.6 Å². The molecule has 0 fully saturated rings. The Morgan fingerprint density at radius 3 is 3.00 bits per heavy atom. The van der Waals surface area contributed by atoms with Crippen LogP contribution in [0.3, 0.4) is 0 Å². The van der Waals surface area contributed by atoms with Gasteiger partial charge in [-0.1, -0.05) is 12.1 Å². The maximum atomic E-state index is 4.13. The molecule has 16 heavy (non-hydrogen) atoms. The van der Waals surface area contributed by atoms with Crippen LogP contribution in [0.25, 0.3) is 0 Å². The van der Waals surface area contributed by atoms with Gasteiger partial charge in [0.15, 0.2) is 0 Å². The van der Waals surface area contributed by atoms with Gasteiger partial charge in [0.2, 0.25) is 0 Å². The molecule has 2 aromatic rings. The summed E-state index contributed by atoms with van der Waals surface area (Å²) in [7, 11) is 1.86. The molecular formula is C9H15N7. The van der Waals surface area contributed by atoms with E-state index in [1.54, 1.807) is 9.36 Å². The molecular weight excluding hydrogens is 206 g/mol. The van der Waals surface area contributed by atoms with Gasteiger partial charge in [0.05, 0.1) is 11.9 Å². The van der Waals surface area contributed by atoms with E-state index < -0.39 is 0 Å². The minimum Gasteiger partial charge on any atom is -0.311 e. The van der Waals surface area contributed by atoms with Gasteiger partial charge >= 0.3 is 0 Å². The lowest BCUT2D eigenvalue weighted by Crippen LogP contribution is -2.11. The summed E-state index contributed by atoms with van der Waals surface area (Å²) in [6.45, 7) is 4.32. The lowest BCUT2D eigenvalue weighted by Gasteiger charge is -1.98. The second-order valence-electron chi connectivity index (χ2n) is 3.49. The first-order valence-electron chi connectivity index (χ1n) is 5.22. The van der Waals surface area contributed by atoms with Crippen LogP contribution in [0, 0.1) is 0 Å². The van der Waals surface area contributed by atoms with Gasteiger partial charge in [-0.2, -0.15) is 5.10 Å². The molecule has 0 saturated heterocycles. The van der Waals surface area contributed by atoms with E-state index in [-0.39, 0.29) is 0 Å². The minimum atomic E-state index is 0.593. The molecule has 0 saturated carbocycles. The molecule has 86 valence electrons. The number of nitrogens with zero attached hydrogens (tertiary/aromatic N) is 6. The molecule has 0 atom stereocenters. The third kappa shape index (κ3) is 2.43. The van der Waals surface area contributed by atoms with Crippen molar-refractivity contribution < 1.29 is 0 Å². The summed E-state index contributed by atoms with van der Waals surface area (Å²) in [4.78, 5) is 4.13. The highest BCUT2D eigenvalue weighted by Crippen LogP contribution is 1.97. The second-order valence-corrected chi connectivity index (χ2v) is 3.49. The lowest BCUT2D eigenvalue weighted by atomic mass is 10.4. The van der Waals surface area contributed by atoms with Gasteiger partial charge in [0.25, 0.3) is 0 Å². The molecule has 0 bridgehead atoms. The molecule has 2 heterocycles. The van der Waals surface area contributed by atoms with Crippen LogP contribution in [0.15, 0.2) is 12.5 Å². The summed E-state index contributed by atoms with van der Waals surface area (Å²) in [5.41, 5.74) is 0.934. The first-order valence-corrected chi connectivity index (χ1v) is 5.22. The summed E-state index contributed by atoms with van der Waals surface area (Å²) >= 11 is 0. The predicted molar refractivity (Wildman–Crippen MR) is 57.5 cm³/mol. The number of hydrogen-bond acceptors (Lipinski definition) is 5. The van der Waals surface area contributed by atoms with Gasteiger partial charge in [-0.3, -0.25) is 4.68 Å². The van der Waals surface area contributed by atoms with Gasteiger partial charge < -0.3 is 5.32 Å². The summed E-state index contributed by atoms with van der Waals surface area (Å²) in [6.07, 6.45) is 3.45. The van der Waals surface area contributed by atoms with Crippen LogP contribution < -0.4 is 5.32 Å². The molecule has 0 aliphatic rings. The molecule has 2 aromatic heterocycles. The number of aromatic nitrogens is 6. The summed E-state index contributed by atoms with van der Waals surface area (Å²) in [5.74, 6) is 0.861. The van der Waals surface area contributed by atoms with Crippen LogP contribution in [0.4, 0.5) is 0 Å². The van der Waals surface area contributed by atoms with Crippen molar-refractivity contribution in [3.05, 3.63) is 24.0 Å². The van der Waals surface area contributed by atoms with Gasteiger partial charge in [-0.05, 0) is 6.54 Å². The molecule has 0 unspecified atom stereocenters.